The van der Waals surface area contributed by atoms with Gasteiger partial charge in [0.05, 0.1) is 0 Å². The Kier molecular flexibility index (Phi) is 1.02. The van der Waals surface area contributed by atoms with E-state index in [1.807, 2.05) is 0 Å². The van der Waals surface area contributed by atoms with Crippen LogP contribution in [0.4, 0.5) is 0 Å². The Morgan fingerprint density at radius 1 is 1.88 bits per heavy atom. The standard InChI is InChI=1S/C4H6N2O2/c1-2-3(7)8-4(5)6-2/h4H,5H2,1H3. The molecule has 4 nitrogen and oxygen atoms in total. The zero-order valence-electron chi connectivity index (χ0n) is 4.42. The average molecular weight is 114 g/mol. The molecular weight excluding hydrogens is 108 g/mol. The Balaban J connectivity index is 2.73. The van der Waals surface area contributed by atoms with Crippen molar-refractivity contribution in [2.24, 2.45) is 10.7 Å². The lowest BCUT2D eigenvalue weighted by Gasteiger charge is -1.94. The number of aliphatic imine (C=N–C) groups is 1. The van der Waals surface area contributed by atoms with Crippen LogP contribution in [0.1, 0.15) is 6.92 Å². The molecule has 1 aliphatic rings. The largest absolute Gasteiger partial charge is 0.422 e. The van der Waals surface area contributed by atoms with E-state index < -0.39 is 12.3 Å². The summed E-state index contributed by atoms with van der Waals surface area (Å²) in [5.41, 5.74) is 5.43. The van der Waals surface area contributed by atoms with Gasteiger partial charge in [-0.1, -0.05) is 0 Å². The third kappa shape index (κ3) is 0.696. The molecule has 1 unspecified atom stereocenters. The summed E-state index contributed by atoms with van der Waals surface area (Å²) in [5.74, 6) is -0.419. The lowest BCUT2D eigenvalue weighted by Crippen LogP contribution is -2.18. The van der Waals surface area contributed by atoms with Crippen molar-refractivity contribution < 1.29 is 9.53 Å². The summed E-state index contributed by atoms with van der Waals surface area (Å²) in [6.07, 6.45) is -0.762. The van der Waals surface area contributed by atoms with Gasteiger partial charge >= 0.3 is 5.97 Å². The molecule has 0 radical (unpaired) electrons. The maximum Gasteiger partial charge on any atom is 0.355 e. The van der Waals surface area contributed by atoms with Gasteiger partial charge in [0.25, 0.3) is 0 Å². The third-order valence-electron chi connectivity index (χ3n) is 0.844. The average Bonchev–Trinajstić information content (AvgIpc) is 1.85. The molecule has 44 valence electrons. The van der Waals surface area contributed by atoms with E-state index in [2.05, 4.69) is 9.73 Å². The second-order valence-electron chi connectivity index (χ2n) is 1.51. The summed E-state index contributed by atoms with van der Waals surface area (Å²) in [7, 11) is 0. The highest BCUT2D eigenvalue weighted by Crippen LogP contribution is 1.98. The van der Waals surface area contributed by atoms with Gasteiger partial charge in [0.15, 0.2) is 0 Å². The van der Waals surface area contributed by atoms with E-state index in [4.69, 9.17) is 5.73 Å². The van der Waals surface area contributed by atoms with Crippen LogP contribution >= 0.6 is 0 Å². The first-order valence-electron chi connectivity index (χ1n) is 2.21. The fourth-order valence-electron chi connectivity index (χ4n) is 0.465. The minimum Gasteiger partial charge on any atom is -0.422 e. The molecular formula is C4H6N2O2. The van der Waals surface area contributed by atoms with Gasteiger partial charge in [0.2, 0.25) is 6.35 Å². The van der Waals surface area contributed by atoms with E-state index in [-0.39, 0.29) is 0 Å². The van der Waals surface area contributed by atoms with Crippen molar-refractivity contribution in [3.8, 4) is 0 Å². The second-order valence-corrected chi connectivity index (χ2v) is 1.51. The van der Waals surface area contributed by atoms with Gasteiger partial charge < -0.3 is 4.74 Å². The molecule has 0 bridgehead atoms. The summed E-state index contributed by atoms with van der Waals surface area (Å²) in [6, 6.07) is 0. The molecule has 0 saturated carbocycles. The van der Waals surface area contributed by atoms with Crippen LogP contribution in [0.5, 0.6) is 0 Å². The Morgan fingerprint density at radius 3 is 2.62 bits per heavy atom. The first-order chi connectivity index (χ1) is 3.70. The molecule has 1 aliphatic heterocycles. The predicted molar refractivity (Wildman–Crippen MR) is 27.2 cm³/mol. The number of rotatable bonds is 0. The lowest BCUT2D eigenvalue weighted by molar-refractivity contribution is -0.137. The molecule has 1 rings (SSSR count). The molecule has 0 aromatic rings. The van der Waals surface area contributed by atoms with Crippen LogP contribution in [-0.2, 0) is 9.53 Å². The molecule has 0 spiro atoms. The van der Waals surface area contributed by atoms with Crippen LogP contribution in [0.15, 0.2) is 4.99 Å². The number of ether oxygens (including phenoxy) is 1. The van der Waals surface area contributed by atoms with Crippen LogP contribution < -0.4 is 5.73 Å². The van der Waals surface area contributed by atoms with Gasteiger partial charge in [-0.15, -0.1) is 0 Å². The second kappa shape index (κ2) is 1.56. The SMILES string of the molecule is CC1=NC(N)OC1=O. The van der Waals surface area contributed by atoms with Crippen LogP contribution in [0.2, 0.25) is 0 Å². The molecule has 1 heterocycles. The first-order valence-corrected chi connectivity index (χ1v) is 2.21. The third-order valence-corrected chi connectivity index (χ3v) is 0.844. The van der Waals surface area contributed by atoms with Crippen molar-refractivity contribution >= 4 is 11.7 Å². The fraction of sp³-hybridized carbons (Fsp3) is 0.500. The van der Waals surface area contributed by atoms with Crippen LogP contribution in [0.25, 0.3) is 0 Å². The minimum absolute atomic E-state index is 0.345. The van der Waals surface area contributed by atoms with E-state index in [1.165, 1.54) is 0 Å². The maximum atomic E-state index is 10.4. The van der Waals surface area contributed by atoms with Crippen molar-refractivity contribution in [2.45, 2.75) is 13.3 Å². The summed E-state index contributed by atoms with van der Waals surface area (Å²) < 4.78 is 4.41. The molecule has 0 aliphatic carbocycles. The van der Waals surface area contributed by atoms with Crippen molar-refractivity contribution in [2.75, 3.05) is 0 Å². The van der Waals surface area contributed by atoms with Crippen molar-refractivity contribution in [3.05, 3.63) is 0 Å². The number of cyclic esters (lactones) is 1. The van der Waals surface area contributed by atoms with Gasteiger partial charge in [0, 0.05) is 0 Å². The summed E-state index contributed by atoms with van der Waals surface area (Å²) in [6.45, 7) is 1.56. The van der Waals surface area contributed by atoms with Crippen LogP contribution in [0.3, 0.4) is 0 Å². The van der Waals surface area contributed by atoms with Crippen molar-refractivity contribution in [1.82, 2.24) is 0 Å². The summed E-state index contributed by atoms with van der Waals surface area (Å²) >= 11 is 0. The van der Waals surface area contributed by atoms with E-state index in [9.17, 15) is 4.79 Å². The topological polar surface area (TPSA) is 64.7 Å². The number of carbonyl (C=O) groups excluding carboxylic acids is 1. The number of hydrogen-bond acceptors (Lipinski definition) is 4. The number of nitrogens with two attached hydrogens (primary N) is 1. The molecule has 4 heteroatoms. The van der Waals surface area contributed by atoms with Gasteiger partial charge in [0.1, 0.15) is 5.71 Å². The first kappa shape index (κ1) is 5.24. The van der Waals surface area contributed by atoms with E-state index >= 15 is 0 Å². The molecule has 0 saturated heterocycles. The molecule has 0 aromatic carbocycles. The Labute approximate surface area is 46.3 Å². The quantitative estimate of drug-likeness (QED) is 0.421. The van der Waals surface area contributed by atoms with Crippen LogP contribution in [0, 0.1) is 0 Å². The monoisotopic (exact) mass is 114 g/mol. The van der Waals surface area contributed by atoms with Crippen LogP contribution in [-0.4, -0.2) is 18.0 Å². The smallest absolute Gasteiger partial charge is 0.355 e. The molecule has 0 amide bonds. The molecule has 1 atom stereocenters. The number of hydrogen-bond donors (Lipinski definition) is 1. The lowest BCUT2D eigenvalue weighted by atomic mass is 10.5. The van der Waals surface area contributed by atoms with Gasteiger partial charge in [-0.05, 0) is 6.92 Å². The highest BCUT2D eigenvalue weighted by Gasteiger charge is 2.19. The Hall–Kier alpha value is -0.900. The molecule has 2 N–H and O–H groups in total. The highest BCUT2D eigenvalue weighted by atomic mass is 16.6. The number of esters is 1. The fourth-order valence-corrected chi connectivity index (χ4v) is 0.465. The highest BCUT2D eigenvalue weighted by molar-refractivity contribution is 6.36. The molecule has 8 heavy (non-hydrogen) atoms. The van der Waals surface area contributed by atoms with Gasteiger partial charge in [-0.25, -0.2) is 9.79 Å². The minimum atomic E-state index is -0.762. The van der Waals surface area contributed by atoms with Crippen molar-refractivity contribution in [3.63, 3.8) is 0 Å². The number of nitrogens with zero attached hydrogens (tertiary/aromatic N) is 1. The van der Waals surface area contributed by atoms with Crippen molar-refractivity contribution in [1.29, 1.82) is 0 Å². The predicted octanol–water partition coefficient (Wildman–Crippen LogP) is -0.754. The van der Waals surface area contributed by atoms with E-state index in [0.717, 1.165) is 0 Å². The molecule has 0 aromatic heterocycles. The van der Waals surface area contributed by atoms with E-state index in [1.54, 1.807) is 6.92 Å². The van der Waals surface area contributed by atoms with E-state index in [0.29, 0.717) is 5.71 Å². The van der Waals surface area contributed by atoms with Gasteiger partial charge in [-0.2, -0.15) is 0 Å². The Bertz CT molecular complexity index is 152. The normalized spacial score (nSPS) is 27.5. The summed E-state index contributed by atoms with van der Waals surface area (Å²) in [4.78, 5) is 13.9. The molecule has 0 fully saturated rings. The zero-order chi connectivity index (χ0) is 6.15. The Morgan fingerprint density at radius 2 is 2.50 bits per heavy atom. The zero-order valence-corrected chi connectivity index (χ0v) is 4.42. The maximum absolute atomic E-state index is 10.4. The summed E-state index contributed by atoms with van der Waals surface area (Å²) in [5, 5.41) is 0. The number of carbonyl (C=O) groups is 1. The van der Waals surface area contributed by atoms with Gasteiger partial charge in [-0.3, -0.25) is 5.73 Å².